The van der Waals surface area contributed by atoms with E-state index in [0.29, 0.717) is 11.8 Å². The lowest BCUT2D eigenvalue weighted by Crippen LogP contribution is -2.31. The van der Waals surface area contributed by atoms with Gasteiger partial charge in [0.05, 0.1) is 6.10 Å². The van der Waals surface area contributed by atoms with Crippen LogP contribution in [0.4, 0.5) is 5.95 Å². The molecule has 96 valence electrons. The minimum Gasteiger partial charge on any atom is -0.475 e. The van der Waals surface area contributed by atoms with Crippen molar-refractivity contribution in [2.45, 2.75) is 59.1 Å². The molecule has 0 unspecified atom stereocenters. The van der Waals surface area contributed by atoms with E-state index >= 15 is 0 Å². The second-order valence-corrected chi connectivity index (χ2v) is 5.14. The third-order valence-corrected chi connectivity index (χ3v) is 2.31. The van der Waals surface area contributed by atoms with Gasteiger partial charge in [0.2, 0.25) is 11.8 Å². The zero-order chi connectivity index (χ0) is 12.9. The molecule has 0 aromatic carbocycles. The molecule has 1 rings (SSSR count). The van der Waals surface area contributed by atoms with Gasteiger partial charge in [0.15, 0.2) is 0 Å². The summed E-state index contributed by atoms with van der Waals surface area (Å²) < 4.78 is 5.54. The molecule has 0 aliphatic heterocycles. The summed E-state index contributed by atoms with van der Waals surface area (Å²) in [6.07, 6.45) is 4.05. The van der Waals surface area contributed by atoms with Crippen LogP contribution in [0.15, 0.2) is 12.3 Å². The SMILES string of the molecule is CCCC(C)(C)Nc1nccc(OC(C)C)n1. The molecule has 0 aliphatic carbocycles. The fourth-order valence-corrected chi connectivity index (χ4v) is 1.70. The molecule has 0 bridgehead atoms. The first kappa shape index (κ1) is 13.7. The van der Waals surface area contributed by atoms with E-state index in [1.807, 2.05) is 13.8 Å². The Hall–Kier alpha value is -1.32. The Morgan fingerprint density at radius 1 is 1.41 bits per heavy atom. The maximum atomic E-state index is 5.54. The molecule has 4 heteroatoms. The molecule has 0 atom stereocenters. The summed E-state index contributed by atoms with van der Waals surface area (Å²) in [5.74, 6) is 1.24. The summed E-state index contributed by atoms with van der Waals surface area (Å²) in [6.45, 7) is 10.4. The van der Waals surface area contributed by atoms with Crippen molar-refractivity contribution in [2.75, 3.05) is 5.32 Å². The van der Waals surface area contributed by atoms with Gasteiger partial charge in [-0.05, 0) is 34.1 Å². The number of anilines is 1. The van der Waals surface area contributed by atoms with E-state index in [1.54, 1.807) is 12.3 Å². The van der Waals surface area contributed by atoms with Crippen LogP contribution < -0.4 is 10.1 Å². The second-order valence-electron chi connectivity index (χ2n) is 5.14. The average molecular weight is 237 g/mol. The molecule has 0 spiro atoms. The summed E-state index contributed by atoms with van der Waals surface area (Å²) in [5.41, 5.74) is 0.00516. The quantitative estimate of drug-likeness (QED) is 0.825. The van der Waals surface area contributed by atoms with Gasteiger partial charge in [-0.15, -0.1) is 0 Å². The predicted octanol–water partition coefficient (Wildman–Crippen LogP) is 3.25. The molecule has 17 heavy (non-hydrogen) atoms. The van der Waals surface area contributed by atoms with E-state index < -0.39 is 0 Å². The molecule has 1 aromatic rings. The highest BCUT2D eigenvalue weighted by Gasteiger charge is 2.17. The lowest BCUT2D eigenvalue weighted by atomic mass is 9.99. The Morgan fingerprint density at radius 3 is 2.71 bits per heavy atom. The zero-order valence-electron chi connectivity index (χ0n) is 11.4. The zero-order valence-corrected chi connectivity index (χ0v) is 11.4. The van der Waals surface area contributed by atoms with E-state index in [2.05, 4.69) is 36.1 Å². The molecular weight excluding hydrogens is 214 g/mol. The summed E-state index contributed by atoms with van der Waals surface area (Å²) >= 11 is 0. The fraction of sp³-hybridized carbons (Fsp3) is 0.692. The van der Waals surface area contributed by atoms with Crippen LogP contribution in [0.1, 0.15) is 47.5 Å². The number of nitrogens with one attached hydrogen (secondary N) is 1. The number of rotatable bonds is 6. The third kappa shape index (κ3) is 5.02. The van der Waals surface area contributed by atoms with E-state index in [9.17, 15) is 0 Å². The predicted molar refractivity (Wildman–Crippen MR) is 70.4 cm³/mol. The first-order valence-electron chi connectivity index (χ1n) is 6.21. The fourth-order valence-electron chi connectivity index (χ4n) is 1.70. The lowest BCUT2D eigenvalue weighted by molar-refractivity contribution is 0.232. The second kappa shape index (κ2) is 5.84. The van der Waals surface area contributed by atoms with E-state index in [1.165, 1.54) is 0 Å². The van der Waals surface area contributed by atoms with Gasteiger partial charge in [-0.3, -0.25) is 0 Å². The molecule has 1 N–H and O–H groups in total. The van der Waals surface area contributed by atoms with E-state index in [4.69, 9.17) is 4.74 Å². The maximum absolute atomic E-state index is 5.54. The van der Waals surface area contributed by atoms with E-state index in [-0.39, 0.29) is 11.6 Å². The normalized spacial score (nSPS) is 11.6. The van der Waals surface area contributed by atoms with Crippen LogP contribution in [0.3, 0.4) is 0 Å². The van der Waals surface area contributed by atoms with Crippen molar-refractivity contribution in [3.8, 4) is 5.88 Å². The van der Waals surface area contributed by atoms with Gasteiger partial charge in [0.25, 0.3) is 0 Å². The standard InChI is InChI=1S/C13H23N3O/c1-6-8-13(4,5)16-12-14-9-7-11(15-12)17-10(2)3/h7,9-10H,6,8H2,1-5H3,(H,14,15,16). The van der Waals surface area contributed by atoms with Crippen molar-refractivity contribution in [2.24, 2.45) is 0 Å². The Bertz CT molecular complexity index is 350. The highest BCUT2D eigenvalue weighted by molar-refractivity contribution is 5.30. The third-order valence-electron chi connectivity index (χ3n) is 2.31. The van der Waals surface area contributed by atoms with Crippen molar-refractivity contribution in [3.05, 3.63) is 12.3 Å². The van der Waals surface area contributed by atoms with Crippen LogP contribution in [0.25, 0.3) is 0 Å². The van der Waals surface area contributed by atoms with Crippen LogP contribution in [0.2, 0.25) is 0 Å². The molecule has 4 nitrogen and oxygen atoms in total. The highest BCUT2D eigenvalue weighted by Crippen LogP contribution is 2.18. The first-order valence-corrected chi connectivity index (χ1v) is 6.21. The van der Waals surface area contributed by atoms with Crippen molar-refractivity contribution >= 4 is 5.95 Å². The number of hydrogen-bond acceptors (Lipinski definition) is 4. The van der Waals surface area contributed by atoms with Crippen LogP contribution in [0.5, 0.6) is 5.88 Å². The van der Waals surface area contributed by atoms with Crippen LogP contribution in [0, 0.1) is 0 Å². The van der Waals surface area contributed by atoms with Crippen molar-refractivity contribution < 1.29 is 4.74 Å². The van der Waals surface area contributed by atoms with Gasteiger partial charge in [0.1, 0.15) is 0 Å². The minimum absolute atomic E-state index is 0.00516. The Labute approximate surface area is 104 Å². The summed E-state index contributed by atoms with van der Waals surface area (Å²) in [6, 6.07) is 1.78. The molecular formula is C13H23N3O. The summed E-state index contributed by atoms with van der Waals surface area (Å²) in [5, 5.41) is 3.33. The molecule has 0 saturated carbocycles. The number of nitrogens with zero attached hydrogens (tertiary/aromatic N) is 2. The maximum Gasteiger partial charge on any atom is 0.226 e. The number of hydrogen-bond donors (Lipinski definition) is 1. The molecule has 1 aromatic heterocycles. The Balaban J connectivity index is 2.71. The van der Waals surface area contributed by atoms with Crippen LogP contribution in [-0.4, -0.2) is 21.6 Å². The van der Waals surface area contributed by atoms with Gasteiger partial charge in [-0.25, -0.2) is 4.98 Å². The average Bonchev–Trinajstić information content (AvgIpc) is 2.15. The number of ether oxygens (including phenoxy) is 1. The summed E-state index contributed by atoms with van der Waals surface area (Å²) in [7, 11) is 0. The van der Waals surface area contributed by atoms with Crippen molar-refractivity contribution in [3.63, 3.8) is 0 Å². The molecule has 0 radical (unpaired) electrons. The molecule has 1 heterocycles. The van der Waals surface area contributed by atoms with Gasteiger partial charge in [-0.1, -0.05) is 13.3 Å². The summed E-state index contributed by atoms with van der Waals surface area (Å²) in [4.78, 5) is 8.55. The monoisotopic (exact) mass is 237 g/mol. The van der Waals surface area contributed by atoms with Gasteiger partial charge in [-0.2, -0.15) is 4.98 Å². The smallest absolute Gasteiger partial charge is 0.226 e. The Kier molecular flexibility index (Phi) is 4.73. The Morgan fingerprint density at radius 2 is 2.12 bits per heavy atom. The van der Waals surface area contributed by atoms with Crippen molar-refractivity contribution in [1.29, 1.82) is 0 Å². The van der Waals surface area contributed by atoms with Gasteiger partial charge >= 0.3 is 0 Å². The van der Waals surface area contributed by atoms with Crippen molar-refractivity contribution in [1.82, 2.24) is 9.97 Å². The lowest BCUT2D eigenvalue weighted by Gasteiger charge is -2.25. The van der Waals surface area contributed by atoms with Gasteiger partial charge in [0, 0.05) is 17.8 Å². The van der Waals surface area contributed by atoms with Gasteiger partial charge < -0.3 is 10.1 Å². The number of aromatic nitrogens is 2. The highest BCUT2D eigenvalue weighted by atomic mass is 16.5. The minimum atomic E-state index is 0.00516. The molecule has 0 amide bonds. The largest absolute Gasteiger partial charge is 0.475 e. The topological polar surface area (TPSA) is 47.0 Å². The van der Waals surface area contributed by atoms with E-state index in [0.717, 1.165) is 12.8 Å². The molecule has 0 aliphatic rings. The molecule has 0 fully saturated rings. The van der Waals surface area contributed by atoms with Crippen LogP contribution >= 0.6 is 0 Å². The first-order chi connectivity index (χ1) is 7.93. The molecule has 0 saturated heterocycles. The van der Waals surface area contributed by atoms with Crippen LogP contribution in [-0.2, 0) is 0 Å².